The molecule has 2 aromatic rings. The van der Waals surface area contributed by atoms with E-state index >= 15 is 0 Å². The maximum Gasteiger partial charge on any atom is 0.255 e. The molecule has 0 radical (unpaired) electrons. The molecular formula is C16H16N2O2. The zero-order valence-electron chi connectivity index (χ0n) is 11.4. The Kier molecular flexibility index (Phi) is 3.06. The number of methoxy groups -OCH3 is 1. The third-order valence-corrected chi connectivity index (χ3v) is 3.51. The Morgan fingerprint density at radius 3 is 2.70 bits per heavy atom. The molecule has 1 amide bonds. The van der Waals surface area contributed by atoms with E-state index in [1.54, 1.807) is 7.11 Å². The van der Waals surface area contributed by atoms with Gasteiger partial charge in [0.15, 0.2) is 0 Å². The maximum atomic E-state index is 12.2. The molecule has 1 aliphatic rings. The lowest BCUT2D eigenvalue weighted by molar-refractivity contribution is 0.0935. The van der Waals surface area contributed by atoms with Gasteiger partial charge in [0.2, 0.25) is 0 Å². The topological polar surface area (TPSA) is 50.4 Å². The molecule has 1 aliphatic heterocycles. The smallest absolute Gasteiger partial charge is 0.255 e. The summed E-state index contributed by atoms with van der Waals surface area (Å²) in [6.07, 6.45) is -0.244. The molecule has 0 aliphatic carbocycles. The van der Waals surface area contributed by atoms with Crippen molar-refractivity contribution in [1.82, 2.24) is 5.32 Å². The molecule has 1 heterocycles. The lowest BCUT2D eigenvalue weighted by Gasteiger charge is -2.29. The molecule has 2 N–H and O–H groups in total. The van der Waals surface area contributed by atoms with Crippen LogP contribution in [0.25, 0.3) is 0 Å². The van der Waals surface area contributed by atoms with Gasteiger partial charge in [0.25, 0.3) is 5.91 Å². The number of carbonyl (C=O) groups excluding carboxylic acids is 1. The van der Waals surface area contributed by atoms with Gasteiger partial charge >= 0.3 is 0 Å². The van der Waals surface area contributed by atoms with Crippen molar-refractivity contribution in [3.8, 4) is 5.75 Å². The number of fused-ring (bicyclic) bond motifs is 1. The van der Waals surface area contributed by atoms with Crippen molar-refractivity contribution in [1.29, 1.82) is 0 Å². The van der Waals surface area contributed by atoms with E-state index in [-0.39, 0.29) is 12.1 Å². The number of hydrogen-bond donors (Lipinski definition) is 2. The molecule has 0 fully saturated rings. The van der Waals surface area contributed by atoms with Crippen LogP contribution in [0.2, 0.25) is 0 Å². The quantitative estimate of drug-likeness (QED) is 0.880. The van der Waals surface area contributed by atoms with Crippen LogP contribution in [0.1, 0.15) is 27.7 Å². The number of aryl methyl sites for hydroxylation is 1. The van der Waals surface area contributed by atoms with E-state index in [9.17, 15) is 4.79 Å². The highest BCUT2D eigenvalue weighted by Gasteiger charge is 2.25. The van der Waals surface area contributed by atoms with Gasteiger partial charge in [0, 0.05) is 0 Å². The Bertz CT molecular complexity index is 667. The molecule has 1 atom stereocenters. The first kappa shape index (κ1) is 12.5. The van der Waals surface area contributed by atoms with E-state index in [2.05, 4.69) is 10.6 Å². The molecule has 0 saturated heterocycles. The van der Waals surface area contributed by atoms with Crippen molar-refractivity contribution in [3.63, 3.8) is 0 Å². The zero-order valence-corrected chi connectivity index (χ0v) is 11.4. The van der Waals surface area contributed by atoms with Crippen LogP contribution >= 0.6 is 0 Å². The highest BCUT2D eigenvalue weighted by Crippen LogP contribution is 2.30. The fraction of sp³-hybridized carbons (Fsp3) is 0.188. The second-order valence-corrected chi connectivity index (χ2v) is 4.82. The van der Waals surface area contributed by atoms with E-state index in [1.165, 1.54) is 0 Å². The molecule has 3 rings (SSSR count). The molecule has 0 saturated carbocycles. The standard InChI is InChI=1S/C16H16N2O2/c1-10-5-3-8-13-14(10)17-15(18-16(13)19)11-6-4-7-12(9-11)20-2/h3-9,15,17H,1-2H3,(H,18,19)/t15-/m0/s1. The van der Waals surface area contributed by atoms with Crippen LogP contribution in [-0.2, 0) is 0 Å². The normalized spacial score (nSPS) is 16.9. The lowest BCUT2D eigenvalue weighted by Crippen LogP contribution is -2.38. The highest BCUT2D eigenvalue weighted by atomic mass is 16.5. The van der Waals surface area contributed by atoms with Crippen LogP contribution in [0, 0.1) is 6.92 Å². The molecule has 2 aromatic carbocycles. The molecule has 4 heteroatoms. The summed E-state index contributed by atoms with van der Waals surface area (Å²) in [6, 6.07) is 13.4. The van der Waals surface area contributed by atoms with Gasteiger partial charge in [-0.3, -0.25) is 4.79 Å². The average Bonchev–Trinajstić information content (AvgIpc) is 2.48. The molecule has 0 unspecified atom stereocenters. The van der Waals surface area contributed by atoms with E-state index < -0.39 is 0 Å². The Morgan fingerprint density at radius 1 is 1.10 bits per heavy atom. The molecule has 0 spiro atoms. The van der Waals surface area contributed by atoms with Crippen molar-refractivity contribution >= 4 is 11.6 Å². The summed E-state index contributed by atoms with van der Waals surface area (Å²) >= 11 is 0. The molecule has 20 heavy (non-hydrogen) atoms. The van der Waals surface area contributed by atoms with Gasteiger partial charge in [0.05, 0.1) is 18.4 Å². The number of amides is 1. The maximum absolute atomic E-state index is 12.2. The first-order valence-electron chi connectivity index (χ1n) is 6.50. The minimum Gasteiger partial charge on any atom is -0.497 e. The van der Waals surface area contributed by atoms with Gasteiger partial charge in [-0.15, -0.1) is 0 Å². The Balaban J connectivity index is 1.98. The number of ether oxygens (including phenoxy) is 1. The zero-order chi connectivity index (χ0) is 14.1. The summed E-state index contributed by atoms with van der Waals surface area (Å²) in [5, 5.41) is 6.34. The van der Waals surface area contributed by atoms with Crippen molar-refractivity contribution in [2.75, 3.05) is 12.4 Å². The number of hydrogen-bond acceptors (Lipinski definition) is 3. The lowest BCUT2D eigenvalue weighted by atomic mass is 10.0. The summed E-state index contributed by atoms with van der Waals surface area (Å²) in [4.78, 5) is 12.2. The first-order chi connectivity index (χ1) is 9.69. The Morgan fingerprint density at radius 2 is 1.90 bits per heavy atom. The van der Waals surface area contributed by atoms with Crippen LogP contribution in [0.4, 0.5) is 5.69 Å². The number of rotatable bonds is 2. The van der Waals surface area contributed by atoms with E-state index in [0.717, 1.165) is 22.6 Å². The van der Waals surface area contributed by atoms with Gasteiger partial charge in [-0.1, -0.05) is 24.3 Å². The van der Waals surface area contributed by atoms with Crippen molar-refractivity contribution in [3.05, 3.63) is 59.2 Å². The largest absolute Gasteiger partial charge is 0.497 e. The Labute approximate surface area is 117 Å². The molecule has 0 aromatic heterocycles. The summed E-state index contributed by atoms with van der Waals surface area (Å²) < 4.78 is 5.23. The molecule has 0 bridgehead atoms. The monoisotopic (exact) mass is 268 g/mol. The van der Waals surface area contributed by atoms with E-state index in [4.69, 9.17) is 4.74 Å². The van der Waals surface area contributed by atoms with Crippen LogP contribution < -0.4 is 15.4 Å². The molecule has 4 nitrogen and oxygen atoms in total. The average molecular weight is 268 g/mol. The van der Waals surface area contributed by atoms with Crippen molar-refractivity contribution in [2.24, 2.45) is 0 Å². The Hall–Kier alpha value is -2.49. The van der Waals surface area contributed by atoms with Crippen molar-refractivity contribution < 1.29 is 9.53 Å². The van der Waals surface area contributed by atoms with E-state index in [1.807, 2.05) is 49.4 Å². The van der Waals surface area contributed by atoms with Gasteiger partial charge < -0.3 is 15.4 Å². The molecular weight excluding hydrogens is 252 g/mol. The first-order valence-corrected chi connectivity index (χ1v) is 6.50. The number of para-hydroxylation sites is 1. The van der Waals surface area contributed by atoms with Gasteiger partial charge in [-0.05, 0) is 36.2 Å². The highest BCUT2D eigenvalue weighted by molar-refractivity contribution is 6.02. The second kappa shape index (κ2) is 4.89. The van der Waals surface area contributed by atoms with Crippen LogP contribution in [-0.4, -0.2) is 13.0 Å². The van der Waals surface area contributed by atoms with Gasteiger partial charge in [-0.25, -0.2) is 0 Å². The minimum absolute atomic E-state index is 0.0599. The fourth-order valence-electron chi connectivity index (χ4n) is 2.43. The third-order valence-electron chi connectivity index (χ3n) is 3.51. The fourth-order valence-corrected chi connectivity index (χ4v) is 2.43. The van der Waals surface area contributed by atoms with Gasteiger partial charge in [-0.2, -0.15) is 0 Å². The van der Waals surface area contributed by atoms with Crippen LogP contribution in [0.3, 0.4) is 0 Å². The predicted octanol–water partition coefficient (Wildman–Crippen LogP) is 2.86. The summed E-state index contributed by atoms with van der Waals surface area (Å²) in [5.41, 5.74) is 3.60. The van der Waals surface area contributed by atoms with E-state index in [0.29, 0.717) is 5.56 Å². The SMILES string of the molecule is COc1cccc([C@@H]2NC(=O)c3cccc(C)c3N2)c1. The number of carbonyl (C=O) groups is 1. The second-order valence-electron chi connectivity index (χ2n) is 4.82. The number of benzene rings is 2. The predicted molar refractivity (Wildman–Crippen MR) is 78.0 cm³/mol. The minimum atomic E-state index is -0.244. The summed E-state index contributed by atoms with van der Waals surface area (Å²) in [7, 11) is 1.63. The molecule has 102 valence electrons. The summed E-state index contributed by atoms with van der Waals surface area (Å²) in [6.45, 7) is 1.99. The van der Waals surface area contributed by atoms with Gasteiger partial charge in [0.1, 0.15) is 11.9 Å². The van der Waals surface area contributed by atoms with Crippen molar-refractivity contribution in [2.45, 2.75) is 13.1 Å². The van der Waals surface area contributed by atoms with Crippen LogP contribution in [0.5, 0.6) is 5.75 Å². The third kappa shape index (κ3) is 2.09. The number of anilines is 1. The number of nitrogens with one attached hydrogen (secondary N) is 2. The summed E-state index contributed by atoms with van der Waals surface area (Å²) in [5.74, 6) is 0.712. The van der Waals surface area contributed by atoms with Crippen LogP contribution in [0.15, 0.2) is 42.5 Å².